The van der Waals surface area contributed by atoms with E-state index in [1.807, 2.05) is 36.6 Å². The molecule has 0 aliphatic carbocycles. The maximum absolute atomic E-state index is 13.9. The maximum atomic E-state index is 13.9. The van der Waals surface area contributed by atoms with Crippen LogP contribution in [0, 0.1) is 12.7 Å². The summed E-state index contributed by atoms with van der Waals surface area (Å²) < 4.78 is 20.8. The Kier molecular flexibility index (Phi) is 9.19. The third-order valence-electron chi connectivity index (χ3n) is 3.96. The predicted molar refractivity (Wildman–Crippen MR) is 115 cm³/mol. The Hall–Kier alpha value is -2.17. The van der Waals surface area contributed by atoms with E-state index in [0.717, 1.165) is 17.2 Å². The zero-order chi connectivity index (χ0) is 19.1. The molecule has 0 fully saturated rings. The Labute approximate surface area is 176 Å². The first kappa shape index (κ1) is 22.9. The van der Waals surface area contributed by atoms with Crippen molar-refractivity contribution < 1.29 is 9.13 Å². The van der Waals surface area contributed by atoms with Gasteiger partial charge in [0.25, 0.3) is 0 Å². The molecule has 2 aromatic rings. The molecule has 0 saturated carbocycles. The number of benzene rings is 1. The quantitative estimate of drug-likeness (QED) is 0.281. The highest BCUT2D eigenvalue weighted by molar-refractivity contribution is 14.0. The smallest absolute Gasteiger partial charge is 0.194 e. The number of ether oxygens (including phenoxy) is 1. The van der Waals surface area contributed by atoms with Crippen LogP contribution < -0.4 is 10.1 Å². The van der Waals surface area contributed by atoms with Crippen molar-refractivity contribution in [3.05, 3.63) is 53.9 Å². The molecule has 0 saturated heterocycles. The van der Waals surface area contributed by atoms with E-state index >= 15 is 0 Å². The van der Waals surface area contributed by atoms with Crippen molar-refractivity contribution in [1.82, 2.24) is 25.0 Å². The summed E-state index contributed by atoms with van der Waals surface area (Å²) in [6, 6.07) is 4.91. The number of halogens is 2. The Bertz CT molecular complexity index is 792. The van der Waals surface area contributed by atoms with E-state index in [1.165, 1.54) is 13.2 Å². The molecular weight excluding hydrogens is 462 g/mol. The average Bonchev–Trinajstić information content (AvgIpc) is 2.94. The van der Waals surface area contributed by atoms with Crippen LogP contribution in [0.3, 0.4) is 0 Å². The topological polar surface area (TPSA) is 67.6 Å². The van der Waals surface area contributed by atoms with Gasteiger partial charge < -0.3 is 19.5 Å². The standard InChI is InChI=1S/C18H25FN6O.HI/c1-6-9-20-18(21-11-17-23-22-13(2)25(17)4)24(3)12-14-7-8-16(26-5)15(19)10-14;/h6-8,10H,1,9,11-12H2,2-5H3,(H,20,21);1H. The molecule has 1 aromatic carbocycles. The van der Waals surface area contributed by atoms with Gasteiger partial charge in [-0.05, 0) is 24.6 Å². The minimum Gasteiger partial charge on any atom is -0.494 e. The molecular formula is C18H26FIN6O. The molecule has 2 rings (SSSR count). The van der Waals surface area contributed by atoms with E-state index in [1.54, 1.807) is 12.1 Å². The number of methoxy groups -OCH3 is 1. The van der Waals surface area contributed by atoms with Crippen molar-refractivity contribution in [1.29, 1.82) is 0 Å². The highest BCUT2D eigenvalue weighted by atomic mass is 127. The van der Waals surface area contributed by atoms with Crippen molar-refractivity contribution in [3.63, 3.8) is 0 Å². The largest absolute Gasteiger partial charge is 0.494 e. The summed E-state index contributed by atoms with van der Waals surface area (Å²) in [5.74, 6) is 2.11. The van der Waals surface area contributed by atoms with Gasteiger partial charge in [-0.3, -0.25) is 0 Å². The number of rotatable bonds is 7. The molecule has 1 aromatic heterocycles. The van der Waals surface area contributed by atoms with Gasteiger partial charge in [-0.25, -0.2) is 9.38 Å². The van der Waals surface area contributed by atoms with Crippen LogP contribution in [0.2, 0.25) is 0 Å². The van der Waals surface area contributed by atoms with Crippen LogP contribution in [0.15, 0.2) is 35.8 Å². The second kappa shape index (κ2) is 10.9. The molecule has 0 atom stereocenters. The van der Waals surface area contributed by atoms with Crippen molar-refractivity contribution in [2.75, 3.05) is 20.7 Å². The lowest BCUT2D eigenvalue weighted by Crippen LogP contribution is -2.38. The minimum atomic E-state index is -0.384. The zero-order valence-corrected chi connectivity index (χ0v) is 18.4. The van der Waals surface area contributed by atoms with E-state index in [2.05, 4.69) is 27.1 Å². The fourth-order valence-electron chi connectivity index (χ4n) is 2.37. The van der Waals surface area contributed by atoms with Gasteiger partial charge in [0.2, 0.25) is 0 Å². The van der Waals surface area contributed by atoms with E-state index in [-0.39, 0.29) is 35.5 Å². The van der Waals surface area contributed by atoms with Crippen LogP contribution >= 0.6 is 24.0 Å². The highest BCUT2D eigenvalue weighted by Crippen LogP contribution is 2.18. The maximum Gasteiger partial charge on any atom is 0.194 e. The number of aromatic nitrogens is 3. The predicted octanol–water partition coefficient (Wildman–Crippen LogP) is 2.65. The average molecular weight is 488 g/mol. The van der Waals surface area contributed by atoms with Gasteiger partial charge in [-0.1, -0.05) is 12.1 Å². The van der Waals surface area contributed by atoms with Crippen molar-refractivity contribution >= 4 is 29.9 Å². The number of aryl methyl sites for hydroxylation is 1. The molecule has 27 heavy (non-hydrogen) atoms. The molecule has 0 bridgehead atoms. The fraction of sp³-hybridized carbons (Fsp3) is 0.389. The first-order valence-electron chi connectivity index (χ1n) is 8.24. The normalized spacial score (nSPS) is 10.9. The number of nitrogens with one attached hydrogen (secondary N) is 1. The fourth-order valence-corrected chi connectivity index (χ4v) is 2.37. The molecule has 0 amide bonds. The zero-order valence-electron chi connectivity index (χ0n) is 16.1. The van der Waals surface area contributed by atoms with Crippen LogP contribution in [0.25, 0.3) is 0 Å². The second-order valence-corrected chi connectivity index (χ2v) is 5.86. The van der Waals surface area contributed by atoms with Gasteiger partial charge in [0.15, 0.2) is 23.4 Å². The van der Waals surface area contributed by atoms with Crippen molar-refractivity contribution in [2.24, 2.45) is 12.0 Å². The SMILES string of the molecule is C=CCNC(=NCc1nnc(C)n1C)N(C)Cc1ccc(OC)c(F)c1.I. The lowest BCUT2D eigenvalue weighted by Gasteiger charge is -2.22. The van der Waals surface area contributed by atoms with E-state index in [9.17, 15) is 4.39 Å². The summed E-state index contributed by atoms with van der Waals surface area (Å²) in [5, 5.41) is 11.4. The molecule has 0 spiro atoms. The van der Waals surface area contributed by atoms with Crippen molar-refractivity contribution in [2.45, 2.75) is 20.0 Å². The van der Waals surface area contributed by atoms with Gasteiger partial charge in [-0.2, -0.15) is 0 Å². The van der Waals surface area contributed by atoms with Crippen molar-refractivity contribution in [3.8, 4) is 5.75 Å². The third-order valence-corrected chi connectivity index (χ3v) is 3.96. The third kappa shape index (κ3) is 6.19. The summed E-state index contributed by atoms with van der Waals surface area (Å²) in [6.07, 6.45) is 1.75. The molecule has 148 valence electrons. The first-order valence-corrected chi connectivity index (χ1v) is 8.24. The lowest BCUT2D eigenvalue weighted by molar-refractivity contribution is 0.385. The number of nitrogens with zero attached hydrogens (tertiary/aromatic N) is 5. The van der Waals surface area contributed by atoms with Crippen LogP contribution in [0.1, 0.15) is 17.2 Å². The van der Waals surface area contributed by atoms with Gasteiger partial charge in [0, 0.05) is 27.2 Å². The molecule has 1 heterocycles. The highest BCUT2D eigenvalue weighted by Gasteiger charge is 2.11. The summed E-state index contributed by atoms with van der Waals surface area (Å²) in [7, 11) is 5.24. The summed E-state index contributed by atoms with van der Waals surface area (Å²) in [5.41, 5.74) is 0.813. The Morgan fingerprint density at radius 1 is 1.44 bits per heavy atom. The van der Waals surface area contributed by atoms with Gasteiger partial charge in [-0.15, -0.1) is 40.8 Å². The summed E-state index contributed by atoms with van der Waals surface area (Å²) in [6.45, 7) is 7.05. The molecule has 1 N–H and O–H groups in total. The number of aliphatic imine (C=N–C) groups is 1. The van der Waals surface area contributed by atoms with Crippen LogP contribution in [0.4, 0.5) is 4.39 Å². The molecule has 0 radical (unpaired) electrons. The number of guanidine groups is 1. The molecule has 7 nitrogen and oxygen atoms in total. The Morgan fingerprint density at radius 3 is 2.74 bits per heavy atom. The Balaban J connectivity index is 0.00000364. The summed E-state index contributed by atoms with van der Waals surface area (Å²) >= 11 is 0. The molecule has 0 aliphatic heterocycles. The van der Waals surface area contributed by atoms with Gasteiger partial charge in [0.1, 0.15) is 12.4 Å². The minimum absolute atomic E-state index is 0. The van der Waals surface area contributed by atoms with Gasteiger partial charge >= 0.3 is 0 Å². The van der Waals surface area contributed by atoms with E-state index < -0.39 is 0 Å². The van der Waals surface area contributed by atoms with Crippen LogP contribution in [-0.4, -0.2) is 46.3 Å². The molecule has 0 unspecified atom stereocenters. The monoisotopic (exact) mass is 488 g/mol. The summed E-state index contributed by atoms with van der Waals surface area (Å²) in [4.78, 5) is 6.51. The first-order chi connectivity index (χ1) is 12.5. The number of hydrogen-bond acceptors (Lipinski definition) is 4. The lowest BCUT2D eigenvalue weighted by atomic mass is 10.2. The number of hydrogen-bond donors (Lipinski definition) is 1. The van der Waals surface area contributed by atoms with Gasteiger partial charge in [0.05, 0.1) is 7.11 Å². The second-order valence-electron chi connectivity index (χ2n) is 5.86. The molecule has 9 heteroatoms. The Morgan fingerprint density at radius 2 is 2.19 bits per heavy atom. The van der Waals surface area contributed by atoms with Crippen LogP contribution in [0.5, 0.6) is 5.75 Å². The van der Waals surface area contributed by atoms with E-state index in [4.69, 9.17) is 4.74 Å². The van der Waals surface area contributed by atoms with E-state index in [0.29, 0.717) is 25.6 Å². The van der Waals surface area contributed by atoms with Crippen LogP contribution in [-0.2, 0) is 20.1 Å². The molecule has 0 aliphatic rings.